The van der Waals surface area contributed by atoms with Gasteiger partial charge in [0.05, 0.1) is 5.56 Å². The largest absolute Gasteiger partial charge is 0.453 e. The Morgan fingerprint density at radius 3 is 2.07 bits per heavy atom. The highest BCUT2D eigenvalue weighted by atomic mass is 32.2. The molecule has 0 radical (unpaired) electrons. The minimum atomic E-state index is -5.07. The van der Waals surface area contributed by atoms with Gasteiger partial charge < -0.3 is 4.52 Å². The Bertz CT molecular complexity index is 1200. The number of rotatable bonds is 3. The fourth-order valence-corrected chi connectivity index (χ4v) is 3.58. The maximum absolute atomic E-state index is 14.6. The van der Waals surface area contributed by atoms with Crippen LogP contribution in [-0.4, -0.2) is 13.6 Å². The summed E-state index contributed by atoms with van der Waals surface area (Å²) in [6, 6.07) is 5.31. The molecule has 0 saturated carbocycles. The summed E-state index contributed by atoms with van der Waals surface area (Å²) in [6.07, 6.45) is -5.07. The number of halogens is 5. The standard InChI is InChI=1S/C18H13F5N2O3S/c1-8-3-9(2)5-10(4-8)16-15(17(28-25-16)18(21,22)23)11-6-13(20)14(7-12(11)19)29(24,26)27/h3-7H,1-2H3,(H2,24,26,27). The number of hydrogen-bond acceptors (Lipinski definition) is 4. The van der Waals surface area contributed by atoms with E-state index >= 15 is 0 Å². The van der Waals surface area contributed by atoms with Crippen molar-refractivity contribution in [2.24, 2.45) is 5.14 Å². The van der Waals surface area contributed by atoms with E-state index < -0.39 is 49.6 Å². The van der Waals surface area contributed by atoms with Crippen LogP contribution in [0.2, 0.25) is 0 Å². The molecule has 2 N–H and O–H groups in total. The topological polar surface area (TPSA) is 86.2 Å². The van der Waals surface area contributed by atoms with E-state index in [0.29, 0.717) is 17.2 Å². The van der Waals surface area contributed by atoms with E-state index in [4.69, 9.17) is 5.14 Å². The summed E-state index contributed by atoms with van der Waals surface area (Å²) in [5.41, 5.74) is -0.507. The monoisotopic (exact) mass is 432 g/mol. The van der Waals surface area contributed by atoms with E-state index in [0.717, 1.165) is 0 Å². The second-order valence-corrected chi connectivity index (χ2v) is 7.95. The Kier molecular flexibility index (Phi) is 4.99. The van der Waals surface area contributed by atoms with Crippen molar-refractivity contribution in [1.82, 2.24) is 5.16 Å². The van der Waals surface area contributed by atoms with Gasteiger partial charge in [-0.25, -0.2) is 22.3 Å². The van der Waals surface area contributed by atoms with Crippen molar-refractivity contribution < 1.29 is 34.9 Å². The van der Waals surface area contributed by atoms with Gasteiger partial charge >= 0.3 is 6.18 Å². The van der Waals surface area contributed by atoms with Gasteiger partial charge in [-0.2, -0.15) is 13.2 Å². The first-order valence-electron chi connectivity index (χ1n) is 7.97. The van der Waals surface area contributed by atoms with Gasteiger partial charge in [0, 0.05) is 11.1 Å². The average molecular weight is 432 g/mol. The third-order valence-corrected chi connectivity index (χ3v) is 4.97. The molecular weight excluding hydrogens is 419 g/mol. The molecule has 2 aromatic carbocycles. The van der Waals surface area contributed by atoms with Crippen LogP contribution >= 0.6 is 0 Å². The van der Waals surface area contributed by atoms with Crippen LogP contribution in [0.4, 0.5) is 22.0 Å². The molecule has 11 heteroatoms. The van der Waals surface area contributed by atoms with Crippen LogP contribution < -0.4 is 5.14 Å². The SMILES string of the molecule is Cc1cc(C)cc(-c2noc(C(F)(F)F)c2-c2cc(F)c(S(N)(=O)=O)cc2F)c1. The number of aromatic nitrogens is 1. The molecule has 0 atom stereocenters. The van der Waals surface area contributed by atoms with E-state index in [1.54, 1.807) is 19.9 Å². The Hall–Kier alpha value is -2.79. The Morgan fingerprint density at radius 2 is 1.55 bits per heavy atom. The molecule has 1 aromatic heterocycles. The lowest BCUT2D eigenvalue weighted by atomic mass is 9.96. The van der Waals surface area contributed by atoms with Gasteiger partial charge in [0.25, 0.3) is 0 Å². The molecule has 0 aliphatic carbocycles. The van der Waals surface area contributed by atoms with Crippen molar-refractivity contribution in [2.75, 3.05) is 0 Å². The lowest BCUT2D eigenvalue weighted by Crippen LogP contribution is -2.15. The summed E-state index contributed by atoms with van der Waals surface area (Å²) in [7, 11) is -4.63. The third-order valence-electron chi connectivity index (χ3n) is 4.04. The Morgan fingerprint density at radius 1 is 0.966 bits per heavy atom. The summed E-state index contributed by atoms with van der Waals surface area (Å²) >= 11 is 0. The molecule has 0 spiro atoms. The summed E-state index contributed by atoms with van der Waals surface area (Å²) in [4.78, 5) is -1.18. The minimum Gasteiger partial charge on any atom is -0.350 e. The third kappa shape index (κ3) is 4.01. The highest BCUT2D eigenvalue weighted by molar-refractivity contribution is 7.89. The molecule has 3 aromatic rings. The smallest absolute Gasteiger partial charge is 0.350 e. The fraction of sp³-hybridized carbons (Fsp3) is 0.167. The minimum absolute atomic E-state index is 0.187. The lowest BCUT2D eigenvalue weighted by molar-refractivity contribution is -0.154. The van der Waals surface area contributed by atoms with Crippen molar-refractivity contribution >= 4 is 10.0 Å². The second kappa shape index (κ2) is 6.92. The molecular formula is C18H13F5N2O3S. The quantitative estimate of drug-likeness (QED) is 0.615. The predicted molar refractivity (Wildman–Crippen MR) is 93.1 cm³/mol. The number of primary sulfonamides is 1. The molecule has 0 amide bonds. The van der Waals surface area contributed by atoms with Crippen molar-refractivity contribution in [3.63, 3.8) is 0 Å². The molecule has 0 fully saturated rings. The zero-order valence-corrected chi connectivity index (χ0v) is 15.8. The van der Waals surface area contributed by atoms with E-state index in [1.807, 2.05) is 0 Å². The number of nitrogens with two attached hydrogens (primary N) is 1. The molecule has 29 heavy (non-hydrogen) atoms. The lowest BCUT2D eigenvalue weighted by Gasteiger charge is -2.11. The van der Waals surface area contributed by atoms with Gasteiger partial charge in [0.2, 0.25) is 15.8 Å². The second-order valence-electron chi connectivity index (χ2n) is 6.42. The number of aryl methyl sites for hydroxylation is 2. The molecule has 0 bridgehead atoms. The van der Waals surface area contributed by atoms with Gasteiger partial charge in [0.15, 0.2) is 0 Å². The van der Waals surface area contributed by atoms with Crippen LogP contribution in [0.1, 0.15) is 16.9 Å². The number of sulfonamides is 1. The van der Waals surface area contributed by atoms with Crippen LogP contribution in [0.25, 0.3) is 22.4 Å². The summed E-state index contributed by atoms with van der Waals surface area (Å²) in [5.74, 6) is -4.59. The molecule has 0 unspecified atom stereocenters. The number of hydrogen-bond donors (Lipinski definition) is 1. The maximum Gasteiger partial charge on any atom is 0.453 e. The molecule has 1 heterocycles. The summed E-state index contributed by atoms with van der Waals surface area (Å²) in [6.45, 7) is 3.39. The van der Waals surface area contributed by atoms with Crippen LogP contribution in [0.5, 0.6) is 0 Å². The average Bonchev–Trinajstić information content (AvgIpc) is 2.99. The predicted octanol–water partition coefficient (Wildman–Crippen LogP) is 4.57. The molecule has 3 rings (SSSR count). The van der Waals surface area contributed by atoms with Crippen LogP contribution in [-0.2, 0) is 16.2 Å². The van der Waals surface area contributed by atoms with Crippen LogP contribution in [0.15, 0.2) is 39.8 Å². The van der Waals surface area contributed by atoms with Crippen LogP contribution in [0, 0.1) is 25.5 Å². The van der Waals surface area contributed by atoms with Gasteiger partial charge in [-0.15, -0.1) is 0 Å². The number of benzene rings is 2. The zero-order valence-electron chi connectivity index (χ0n) is 14.9. The van der Waals surface area contributed by atoms with Gasteiger partial charge in [-0.1, -0.05) is 22.3 Å². The molecule has 0 saturated heterocycles. The first-order chi connectivity index (χ1) is 13.3. The highest BCUT2D eigenvalue weighted by Crippen LogP contribution is 2.44. The van der Waals surface area contributed by atoms with Crippen LogP contribution in [0.3, 0.4) is 0 Å². The van der Waals surface area contributed by atoms with E-state index in [2.05, 4.69) is 9.68 Å². The highest BCUT2D eigenvalue weighted by Gasteiger charge is 2.42. The summed E-state index contributed by atoms with van der Waals surface area (Å²) in [5, 5.41) is 8.23. The normalized spacial score (nSPS) is 12.4. The van der Waals surface area contributed by atoms with E-state index in [-0.39, 0.29) is 17.3 Å². The zero-order chi connectivity index (χ0) is 21.7. The van der Waals surface area contributed by atoms with Crippen molar-refractivity contribution in [3.8, 4) is 22.4 Å². The number of nitrogens with zero attached hydrogens (tertiary/aromatic N) is 1. The first-order valence-corrected chi connectivity index (χ1v) is 9.51. The van der Waals surface area contributed by atoms with Crippen molar-refractivity contribution in [1.29, 1.82) is 0 Å². The Balaban J connectivity index is 2.37. The molecule has 0 aliphatic rings. The molecule has 5 nitrogen and oxygen atoms in total. The maximum atomic E-state index is 14.6. The number of alkyl halides is 3. The summed E-state index contributed by atoms with van der Waals surface area (Å²) < 4.78 is 96.4. The fourth-order valence-electron chi connectivity index (χ4n) is 2.98. The Labute approximate surface area is 162 Å². The van der Waals surface area contributed by atoms with Crippen molar-refractivity contribution in [2.45, 2.75) is 24.9 Å². The van der Waals surface area contributed by atoms with Gasteiger partial charge in [0.1, 0.15) is 22.2 Å². The molecule has 0 aliphatic heterocycles. The van der Waals surface area contributed by atoms with Gasteiger partial charge in [-0.3, -0.25) is 0 Å². The van der Waals surface area contributed by atoms with E-state index in [1.165, 1.54) is 12.1 Å². The van der Waals surface area contributed by atoms with Gasteiger partial charge in [-0.05, 0) is 38.1 Å². The molecule has 154 valence electrons. The van der Waals surface area contributed by atoms with E-state index in [9.17, 15) is 30.4 Å². The van der Waals surface area contributed by atoms with Crippen molar-refractivity contribution in [3.05, 3.63) is 58.9 Å². The first kappa shape index (κ1) is 20.9.